The number of hydrogen-bond acceptors (Lipinski definition) is 8. The molecular weight excluding hydrogens is 617 g/mol. The molecule has 0 amide bonds. The molecule has 12 heteroatoms. The molecule has 4 aromatic rings. The Morgan fingerprint density at radius 2 is 0.476 bits per heavy atom. The van der Waals surface area contributed by atoms with E-state index >= 15 is 0 Å². The van der Waals surface area contributed by atoms with Crippen LogP contribution in [0.25, 0.3) is 0 Å². The topological polar surface area (TPSA) is 137 Å². The van der Waals surface area contributed by atoms with Crippen molar-refractivity contribution in [2.24, 2.45) is 0 Å². The van der Waals surface area contributed by atoms with E-state index in [4.69, 9.17) is 0 Å². The summed E-state index contributed by atoms with van der Waals surface area (Å²) in [6.45, 7) is 6.55. The van der Waals surface area contributed by atoms with Crippen molar-refractivity contribution in [2.45, 2.75) is 57.4 Å². The van der Waals surface area contributed by atoms with Crippen LogP contribution in [-0.2, 0) is 39.3 Å². The summed E-state index contributed by atoms with van der Waals surface area (Å²) in [4.78, 5) is -3.15. The van der Waals surface area contributed by atoms with Gasteiger partial charge in [-0.1, -0.05) is 78.2 Å². The van der Waals surface area contributed by atoms with E-state index in [0.717, 1.165) is 48.5 Å². The molecule has 0 saturated carbocycles. The molecule has 4 rings (SSSR count). The van der Waals surface area contributed by atoms with E-state index in [-0.39, 0.29) is 7.43 Å². The molecule has 0 fully saturated rings. The van der Waals surface area contributed by atoms with E-state index in [0.29, 0.717) is 22.3 Å². The third-order valence-corrected chi connectivity index (χ3v) is 20.7. The molecule has 0 radical (unpaired) electrons. The van der Waals surface area contributed by atoms with Gasteiger partial charge in [0.2, 0.25) is 39.3 Å². The Morgan fingerprint density at radius 1 is 0.333 bits per heavy atom. The Balaban J connectivity index is 0.00000484. The van der Waals surface area contributed by atoms with Crippen LogP contribution in [0.3, 0.4) is 0 Å². The predicted octanol–water partition coefficient (Wildman–Crippen LogP) is 5.36. The maximum Gasteiger partial charge on any atom is 0.387 e. The first-order valence-electron chi connectivity index (χ1n) is 12.3. The first-order valence-corrected chi connectivity index (χ1v) is 18.2. The van der Waals surface area contributed by atoms with Crippen LogP contribution in [0.4, 0.5) is 0 Å². The third-order valence-electron chi connectivity index (χ3n) is 6.64. The summed E-state index contributed by atoms with van der Waals surface area (Å²) in [6.07, 6.45) is 0. The highest BCUT2D eigenvalue weighted by Gasteiger charge is 2.75. The summed E-state index contributed by atoms with van der Waals surface area (Å²) in [7, 11) is -23.2. The molecule has 0 saturated heterocycles. The molecule has 0 aliphatic carbocycles. The van der Waals surface area contributed by atoms with Crippen LogP contribution in [0.5, 0.6) is 0 Å². The van der Waals surface area contributed by atoms with Gasteiger partial charge in [-0.2, -0.15) is 0 Å². The van der Waals surface area contributed by atoms with Gasteiger partial charge in [-0.25, -0.2) is 33.7 Å². The lowest BCUT2D eigenvalue weighted by Gasteiger charge is -2.32. The molecule has 0 aliphatic rings. The number of benzene rings is 4. The zero-order valence-corrected chi connectivity index (χ0v) is 25.9. The minimum absolute atomic E-state index is 0. The highest BCUT2D eigenvalue weighted by Crippen LogP contribution is 2.49. The molecule has 0 aromatic heterocycles. The Labute approximate surface area is 248 Å². The monoisotopic (exact) mass is 648 g/mol. The van der Waals surface area contributed by atoms with E-state index in [1.54, 1.807) is 27.7 Å². The van der Waals surface area contributed by atoms with Crippen molar-refractivity contribution in [3.63, 3.8) is 0 Å². The summed E-state index contributed by atoms with van der Waals surface area (Å²) in [5.74, 6) is 0. The predicted molar refractivity (Wildman–Crippen MR) is 163 cm³/mol. The molecule has 0 heterocycles. The van der Waals surface area contributed by atoms with Crippen LogP contribution in [-0.4, -0.2) is 36.4 Å². The zero-order valence-electron chi connectivity index (χ0n) is 22.6. The fourth-order valence-corrected chi connectivity index (χ4v) is 17.8. The van der Waals surface area contributed by atoms with Crippen molar-refractivity contribution >= 4 is 39.3 Å². The number of hydrogen-bond donors (Lipinski definition) is 0. The van der Waals surface area contributed by atoms with Gasteiger partial charge >= 0.3 is 2.74 Å². The smallest absolute Gasteiger partial charge is 0.220 e. The number of aryl methyl sites for hydroxylation is 4. The van der Waals surface area contributed by atoms with Gasteiger partial charge in [0, 0.05) is 0 Å². The van der Waals surface area contributed by atoms with Crippen LogP contribution in [0, 0.1) is 27.7 Å². The summed E-state index contributed by atoms with van der Waals surface area (Å²) in [5, 5.41) is 0. The maximum absolute atomic E-state index is 14.7. The molecular formula is C30H32O8S4. The van der Waals surface area contributed by atoms with Crippen LogP contribution in [0.15, 0.2) is 117 Å². The first kappa shape index (κ1) is 33.2. The van der Waals surface area contributed by atoms with Crippen LogP contribution in [0.2, 0.25) is 0 Å². The summed E-state index contributed by atoms with van der Waals surface area (Å²) in [6, 6.07) is 18.6. The summed E-state index contributed by atoms with van der Waals surface area (Å²) >= 11 is 0. The standard InChI is InChI=1S/C29H28O8S4.CH4/c1-21-5-13-25(14-6-21)38(30,31)29(39(32,33)26-15-7-22(2)8-16-26,40(34,35)27-17-9-23(3)10-18-27)41(36,37)28-19-11-24(4)12-20-28;/h5-20H,1-4H3;1H4. The molecule has 42 heavy (non-hydrogen) atoms. The van der Waals surface area contributed by atoms with Crippen molar-refractivity contribution in [2.75, 3.05) is 0 Å². The average molecular weight is 649 g/mol. The quantitative estimate of drug-likeness (QED) is 0.249. The lowest BCUT2D eigenvalue weighted by Crippen LogP contribution is -2.58. The lowest BCUT2D eigenvalue weighted by molar-refractivity contribution is 0.554. The molecule has 0 aliphatic heterocycles. The van der Waals surface area contributed by atoms with E-state index in [9.17, 15) is 33.7 Å². The molecule has 0 bridgehead atoms. The molecule has 0 spiro atoms. The van der Waals surface area contributed by atoms with Gasteiger partial charge in [-0.3, -0.25) is 0 Å². The fourth-order valence-electron chi connectivity index (χ4n) is 4.31. The average Bonchev–Trinajstić information content (AvgIpc) is 2.89. The van der Waals surface area contributed by atoms with Gasteiger partial charge in [0.25, 0.3) is 0 Å². The molecule has 0 N–H and O–H groups in total. The highest BCUT2D eigenvalue weighted by molar-refractivity contribution is 8.39. The Bertz CT molecular complexity index is 1720. The first-order chi connectivity index (χ1) is 19.0. The van der Waals surface area contributed by atoms with Crippen LogP contribution in [0.1, 0.15) is 29.7 Å². The molecule has 8 nitrogen and oxygen atoms in total. The Morgan fingerprint density at radius 3 is 0.619 bits per heavy atom. The van der Waals surface area contributed by atoms with Gasteiger partial charge in [-0.15, -0.1) is 0 Å². The zero-order chi connectivity index (χ0) is 30.4. The van der Waals surface area contributed by atoms with Crippen LogP contribution >= 0.6 is 0 Å². The van der Waals surface area contributed by atoms with Gasteiger partial charge in [-0.05, 0) is 76.2 Å². The second kappa shape index (κ2) is 11.4. The number of sulfone groups is 4. The van der Waals surface area contributed by atoms with E-state index in [1.165, 1.54) is 48.5 Å². The highest BCUT2D eigenvalue weighted by atomic mass is 32.4. The van der Waals surface area contributed by atoms with Crippen molar-refractivity contribution in [1.29, 1.82) is 0 Å². The SMILES string of the molecule is C.Cc1ccc(S(=O)(=O)C(S(=O)(=O)c2ccc(C)cc2)(S(=O)(=O)c2ccc(C)cc2)S(=O)(=O)c2ccc(C)cc2)cc1. The van der Waals surface area contributed by atoms with Gasteiger partial charge in [0.05, 0.1) is 19.6 Å². The van der Waals surface area contributed by atoms with Crippen LogP contribution < -0.4 is 0 Å². The largest absolute Gasteiger partial charge is 0.387 e. The normalized spacial score (nSPS) is 12.9. The van der Waals surface area contributed by atoms with Crippen molar-refractivity contribution in [3.8, 4) is 0 Å². The summed E-state index contributed by atoms with van der Waals surface area (Å²) in [5.41, 5.74) is 2.33. The van der Waals surface area contributed by atoms with Gasteiger partial charge < -0.3 is 0 Å². The molecule has 0 atom stereocenters. The van der Waals surface area contributed by atoms with Crippen molar-refractivity contribution in [3.05, 3.63) is 119 Å². The fraction of sp³-hybridized carbons (Fsp3) is 0.200. The lowest BCUT2D eigenvalue weighted by atomic mass is 10.2. The van der Waals surface area contributed by atoms with Crippen molar-refractivity contribution in [1.82, 2.24) is 0 Å². The van der Waals surface area contributed by atoms with E-state index < -0.39 is 61.7 Å². The minimum Gasteiger partial charge on any atom is -0.220 e. The molecule has 4 aromatic carbocycles. The van der Waals surface area contributed by atoms with Gasteiger partial charge in [0.15, 0.2) is 0 Å². The number of rotatable bonds is 8. The minimum atomic E-state index is -5.79. The summed E-state index contributed by atoms with van der Waals surface area (Å²) < 4.78 is 113. The second-order valence-corrected chi connectivity index (χ2v) is 19.7. The van der Waals surface area contributed by atoms with E-state index in [2.05, 4.69) is 0 Å². The van der Waals surface area contributed by atoms with Gasteiger partial charge in [0.1, 0.15) is 0 Å². The maximum atomic E-state index is 14.7. The van der Waals surface area contributed by atoms with Crippen molar-refractivity contribution < 1.29 is 33.7 Å². The Kier molecular flexibility index (Phi) is 9.01. The Hall–Kier alpha value is -3.32. The molecule has 0 unspecified atom stereocenters. The van der Waals surface area contributed by atoms with E-state index in [1.807, 2.05) is 0 Å². The third kappa shape index (κ3) is 5.00. The second-order valence-electron chi connectivity index (χ2n) is 9.77. The molecule has 224 valence electrons.